The summed E-state index contributed by atoms with van der Waals surface area (Å²) in [4.78, 5) is 13.5. The average molecular weight is 355 g/mol. The number of ether oxygens (including phenoxy) is 1. The Kier molecular flexibility index (Phi) is 7.14. The molecule has 1 aliphatic carbocycles. The highest BCUT2D eigenvalue weighted by Crippen LogP contribution is 2.21. The summed E-state index contributed by atoms with van der Waals surface area (Å²) >= 11 is 2.19. The van der Waals surface area contributed by atoms with E-state index in [1.807, 2.05) is 19.0 Å². The first-order valence-corrected chi connectivity index (χ1v) is 7.15. The van der Waals surface area contributed by atoms with Gasteiger partial charge in [0.15, 0.2) is 0 Å². The van der Waals surface area contributed by atoms with E-state index < -0.39 is 0 Å². The summed E-state index contributed by atoms with van der Waals surface area (Å²) in [5.74, 6) is 0. The van der Waals surface area contributed by atoms with Crippen LogP contribution in [0.4, 0.5) is 4.79 Å². The van der Waals surface area contributed by atoms with Gasteiger partial charge in [0.25, 0.3) is 0 Å². The summed E-state index contributed by atoms with van der Waals surface area (Å²) in [6, 6.07) is 0.576. The number of nitrogens with zero attached hydrogens (tertiary/aromatic N) is 1. The minimum atomic E-state index is -0.280. The zero-order valence-corrected chi connectivity index (χ0v) is 12.7. The molecule has 5 nitrogen and oxygen atoms in total. The standard InChI is InChI=1S/C11H22IN3O2/c1-15(2)8-7-13-11(16)17-10-5-3-9(14-12)4-6-10/h9-10,14H,3-8H2,1-2H3,(H,13,16)/t9-,10-. The van der Waals surface area contributed by atoms with Crippen LogP contribution in [0, 0.1) is 0 Å². The van der Waals surface area contributed by atoms with Gasteiger partial charge in [0.2, 0.25) is 0 Å². The Balaban J connectivity index is 2.10. The highest BCUT2D eigenvalue weighted by Gasteiger charge is 2.22. The summed E-state index contributed by atoms with van der Waals surface area (Å²) in [5, 5.41) is 2.77. The van der Waals surface area contributed by atoms with E-state index in [1.165, 1.54) is 0 Å². The molecule has 0 unspecified atom stereocenters. The highest BCUT2D eigenvalue weighted by atomic mass is 127. The number of nitrogens with one attached hydrogen (secondary N) is 2. The monoisotopic (exact) mass is 355 g/mol. The molecule has 1 fully saturated rings. The molecule has 0 aromatic rings. The van der Waals surface area contributed by atoms with Gasteiger partial charge >= 0.3 is 6.09 Å². The first-order valence-electron chi connectivity index (χ1n) is 6.07. The van der Waals surface area contributed by atoms with Crippen molar-refractivity contribution in [2.45, 2.75) is 37.8 Å². The Morgan fingerprint density at radius 1 is 1.35 bits per heavy atom. The van der Waals surface area contributed by atoms with Crippen LogP contribution in [0.25, 0.3) is 0 Å². The molecule has 0 radical (unpaired) electrons. The summed E-state index contributed by atoms with van der Waals surface area (Å²) < 4.78 is 8.60. The fourth-order valence-corrected chi connectivity index (χ4v) is 2.49. The third kappa shape index (κ3) is 6.42. The summed E-state index contributed by atoms with van der Waals surface area (Å²) in [6.07, 6.45) is 3.90. The zero-order chi connectivity index (χ0) is 12.7. The third-order valence-electron chi connectivity index (χ3n) is 2.93. The van der Waals surface area contributed by atoms with Crippen molar-refractivity contribution in [3.8, 4) is 0 Å². The van der Waals surface area contributed by atoms with Crippen LogP contribution < -0.4 is 8.85 Å². The van der Waals surface area contributed by atoms with Gasteiger partial charge < -0.3 is 15.0 Å². The predicted molar refractivity (Wildman–Crippen MR) is 76.2 cm³/mol. The lowest BCUT2D eigenvalue weighted by atomic mass is 9.94. The Bertz CT molecular complexity index is 231. The van der Waals surface area contributed by atoms with Gasteiger partial charge in [-0.15, -0.1) is 0 Å². The van der Waals surface area contributed by atoms with Gasteiger partial charge in [-0.2, -0.15) is 0 Å². The van der Waals surface area contributed by atoms with Gasteiger partial charge in [0, 0.05) is 42.0 Å². The summed E-state index contributed by atoms with van der Waals surface area (Å²) in [6.45, 7) is 1.47. The Morgan fingerprint density at radius 3 is 2.53 bits per heavy atom. The van der Waals surface area contributed by atoms with E-state index in [2.05, 4.69) is 31.7 Å². The molecule has 17 heavy (non-hydrogen) atoms. The van der Waals surface area contributed by atoms with Crippen LogP contribution in [0.3, 0.4) is 0 Å². The number of amides is 1. The highest BCUT2D eigenvalue weighted by molar-refractivity contribution is 14.1. The number of halogens is 1. The first-order chi connectivity index (χ1) is 8.11. The lowest BCUT2D eigenvalue weighted by Gasteiger charge is -2.27. The molecule has 0 aromatic heterocycles. The molecule has 0 bridgehead atoms. The molecule has 0 saturated heterocycles. The molecule has 1 amide bonds. The summed E-state index contributed by atoms with van der Waals surface area (Å²) in [5.41, 5.74) is 0. The molecule has 0 heterocycles. The number of rotatable bonds is 5. The number of hydrogen-bond donors (Lipinski definition) is 2. The normalized spacial score (nSPS) is 24.7. The second-order valence-electron chi connectivity index (χ2n) is 4.72. The molecule has 0 atom stereocenters. The predicted octanol–water partition coefficient (Wildman–Crippen LogP) is 1.52. The van der Waals surface area contributed by atoms with Crippen molar-refractivity contribution < 1.29 is 9.53 Å². The fraction of sp³-hybridized carbons (Fsp3) is 0.909. The molecule has 1 aliphatic rings. The maximum atomic E-state index is 11.5. The number of likely N-dealkylation sites (N-methyl/N-ethyl adjacent to an activating group) is 1. The van der Waals surface area contributed by atoms with Crippen molar-refractivity contribution in [1.29, 1.82) is 0 Å². The van der Waals surface area contributed by atoms with Crippen molar-refractivity contribution in [3.05, 3.63) is 0 Å². The quantitative estimate of drug-likeness (QED) is 0.580. The van der Waals surface area contributed by atoms with E-state index in [9.17, 15) is 4.79 Å². The van der Waals surface area contributed by atoms with Crippen LogP contribution in [-0.4, -0.2) is 50.3 Å². The van der Waals surface area contributed by atoms with E-state index in [4.69, 9.17) is 4.74 Å². The molecule has 2 N–H and O–H groups in total. The number of hydrogen-bond acceptors (Lipinski definition) is 4. The maximum Gasteiger partial charge on any atom is 0.407 e. The molecule has 0 spiro atoms. The van der Waals surface area contributed by atoms with Crippen molar-refractivity contribution in [2.24, 2.45) is 0 Å². The lowest BCUT2D eigenvalue weighted by Crippen LogP contribution is -2.36. The molecular formula is C11H22IN3O2. The third-order valence-corrected chi connectivity index (χ3v) is 3.81. The number of carbonyl (C=O) groups excluding carboxylic acids is 1. The molecule has 100 valence electrons. The van der Waals surface area contributed by atoms with Crippen molar-refractivity contribution >= 4 is 29.0 Å². The van der Waals surface area contributed by atoms with Crippen LogP contribution >= 0.6 is 22.9 Å². The van der Waals surface area contributed by atoms with Crippen molar-refractivity contribution in [1.82, 2.24) is 13.7 Å². The first kappa shape index (κ1) is 15.0. The second-order valence-corrected chi connectivity index (χ2v) is 5.34. The van der Waals surface area contributed by atoms with Crippen LogP contribution in [0.2, 0.25) is 0 Å². The molecule has 1 saturated carbocycles. The van der Waals surface area contributed by atoms with Crippen LogP contribution in [0.1, 0.15) is 25.7 Å². The topological polar surface area (TPSA) is 53.6 Å². The van der Waals surface area contributed by atoms with Gasteiger partial charge in [-0.1, -0.05) is 0 Å². The second kappa shape index (κ2) is 8.10. The molecular weight excluding hydrogens is 333 g/mol. The van der Waals surface area contributed by atoms with Gasteiger partial charge in [0.05, 0.1) is 0 Å². The SMILES string of the molecule is CN(C)CCNC(=O)O[C@H]1CC[C@H](NI)CC1. The van der Waals surface area contributed by atoms with E-state index >= 15 is 0 Å². The van der Waals surface area contributed by atoms with E-state index in [-0.39, 0.29) is 12.2 Å². The average Bonchev–Trinajstić information content (AvgIpc) is 2.29. The minimum absolute atomic E-state index is 0.0929. The molecule has 1 rings (SSSR count). The smallest absolute Gasteiger partial charge is 0.407 e. The van der Waals surface area contributed by atoms with Gasteiger partial charge in [0.1, 0.15) is 6.10 Å². The van der Waals surface area contributed by atoms with Crippen LogP contribution in [-0.2, 0) is 4.74 Å². The fourth-order valence-electron chi connectivity index (χ4n) is 1.86. The number of alkyl carbamates (subject to hydrolysis) is 1. The maximum absolute atomic E-state index is 11.5. The van der Waals surface area contributed by atoms with E-state index in [0.717, 1.165) is 32.2 Å². The Hall–Kier alpha value is -0.0800. The van der Waals surface area contributed by atoms with Gasteiger partial charge in [-0.25, -0.2) is 4.79 Å². The van der Waals surface area contributed by atoms with Gasteiger partial charge in [-0.3, -0.25) is 3.53 Å². The summed E-state index contributed by atoms with van der Waals surface area (Å²) in [7, 11) is 3.96. The molecule has 0 aromatic carbocycles. The molecule has 0 aliphatic heterocycles. The minimum Gasteiger partial charge on any atom is -0.446 e. The van der Waals surface area contributed by atoms with Gasteiger partial charge in [-0.05, 0) is 39.8 Å². The number of carbonyl (C=O) groups is 1. The van der Waals surface area contributed by atoms with Crippen LogP contribution in [0.15, 0.2) is 0 Å². The van der Waals surface area contributed by atoms with Crippen LogP contribution in [0.5, 0.6) is 0 Å². The lowest BCUT2D eigenvalue weighted by molar-refractivity contribution is 0.0709. The van der Waals surface area contributed by atoms with E-state index in [1.54, 1.807) is 0 Å². The van der Waals surface area contributed by atoms with Crippen molar-refractivity contribution in [3.63, 3.8) is 0 Å². The van der Waals surface area contributed by atoms with Crippen molar-refractivity contribution in [2.75, 3.05) is 27.2 Å². The largest absolute Gasteiger partial charge is 0.446 e. The zero-order valence-electron chi connectivity index (χ0n) is 10.5. The van der Waals surface area contributed by atoms with E-state index in [0.29, 0.717) is 12.6 Å². The Labute approximate surface area is 117 Å². The molecule has 6 heteroatoms. The Morgan fingerprint density at radius 2 is 2.00 bits per heavy atom.